The lowest BCUT2D eigenvalue weighted by Crippen LogP contribution is -2.08. The second kappa shape index (κ2) is 7.04. The van der Waals surface area contributed by atoms with Crippen molar-refractivity contribution < 1.29 is 9.53 Å². The van der Waals surface area contributed by atoms with Crippen molar-refractivity contribution in [2.75, 3.05) is 12.4 Å². The van der Waals surface area contributed by atoms with E-state index in [-0.39, 0.29) is 5.97 Å². The number of methoxy groups -OCH3 is 1. The van der Waals surface area contributed by atoms with Crippen molar-refractivity contribution >= 4 is 43.5 Å². The first-order valence-electron chi connectivity index (χ1n) is 6.24. The van der Waals surface area contributed by atoms with E-state index < -0.39 is 0 Å². The van der Waals surface area contributed by atoms with Gasteiger partial charge in [-0.15, -0.1) is 0 Å². The number of aromatic nitrogens is 1. The predicted octanol–water partition coefficient (Wildman–Crippen LogP) is 4.31. The third-order valence-corrected chi connectivity index (χ3v) is 4.19. The van der Waals surface area contributed by atoms with Gasteiger partial charge in [-0.1, -0.05) is 6.07 Å². The van der Waals surface area contributed by atoms with Crippen LogP contribution in [0.15, 0.2) is 39.4 Å². The Labute approximate surface area is 140 Å². The fourth-order valence-electron chi connectivity index (χ4n) is 1.91. The van der Waals surface area contributed by atoms with Gasteiger partial charge in [0.05, 0.1) is 24.9 Å². The highest BCUT2D eigenvalue weighted by Crippen LogP contribution is 2.23. The average Bonchev–Trinajstić information content (AvgIpc) is 2.47. The Kier molecular flexibility index (Phi) is 5.36. The van der Waals surface area contributed by atoms with Gasteiger partial charge in [-0.25, -0.2) is 4.79 Å². The Morgan fingerprint density at radius 1 is 1.38 bits per heavy atom. The van der Waals surface area contributed by atoms with E-state index in [1.54, 1.807) is 12.3 Å². The molecule has 0 bridgehead atoms. The van der Waals surface area contributed by atoms with Crippen molar-refractivity contribution in [3.63, 3.8) is 0 Å². The molecule has 2 aromatic rings. The van der Waals surface area contributed by atoms with Crippen LogP contribution in [0.4, 0.5) is 5.69 Å². The Balaban J connectivity index is 2.18. The maximum absolute atomic E-state index is 11.7. The number of esters is 1. The van der Waals surface area contributed by atoms with Crippen molar-refractivity contribution in [1.29, 1.82) is 0 Å². The molecular formula is C15H14Br2N2O2. The maximum atomic E-state index is 11.7. The normalized spacial score (nSPS) is 10.3. The first-order chi connectivity index (χ1) is 10.0. The molecule has 0 aliphatic heterocycles. The van der Waals surface area contributed by atoms with E-state index in [0.717, 1.165) is 25.9 Å². The minimum absolute atomic E-state index is 0.334. The van der Waals surface area contributed by atoms with Gasteiger partial charge in [-0.2, -0.15) is 0 Å². The molecule has 0 radical (unpaired) electrons. The molecule has 1 heterocycles. The fourth-order valence-corrected chi connectivity index (χ4v) is 3.04. The zero-order valence-electron chi connectivity index (χ0n) is 11.6. The smallest absolute Gasteiger partial charge is 0.338 e. The summed E-state index contributed by atoms with van der Waals surface area (Å²) in [4.78, 5) is 16.0. The number of nitrogens with one attached hydrogen (secondary N) is 1. The van der Waals surface area contributed by atoms with Crippen LogP contribution in [-0.2, 0) is 11.3 Å². The molecule has 110 valence electrons. The number of carbonyl (C=O) groups is 1. The molecule has 4 nitrogen and oxygen atoms in total. The summed E-state index contributed by atoms with van der Waals surface area (Å²) in [6.07, 6.45) is 1.75. The van der Waals surface area contributed by atoms with Crippen molar-refractivity contribution in [3.8, 4) is 0 Å². The lowest BCUT2D eigenvalue weighted by Gasteiger charge is -2.12. The number of ether oxygens (including phenoxy) is 1. The highest BCUT2D eigenvalue weighted by molar-refractivity contribution is 9.11. The molecule has 1 aromatic heterocycles. The molecule has 0 amide bonds. The largest absolute Gasteiger partial charge is 0.465 e. The van der Waals surface area contributed by atoms with Crippen LogP contribution in [-0.4, -0.2) is 18.1 Å². The summed E-state index contributed by atoms with van der Waals surface area (Å²) in [7, 11) is 1.38. The van der Waals surface area contributed by atoms with Gasteiger partial charge in [-0.3, -0.25) is 4.98 Å². The summed E-state index contributed by atoms with van der Waals surface area (Å²) >= 11 is 6.85. The Morgan fingerprint density at radius 3 is 2.81 bits per heavy atom. The number of hydrogen-bond acceptors (Lipinski definition) is 4. The molecule has 0 saturated carbocycles. The van der Waals surface area contributed by atoms with Crippen molar-refractivity contribution in [3.05, 3.63) is 56.2 Å². The van der Waals surface area contributed by atoms with Gasteiger partial charge >= 0.3 is 5.97 Å². The monoisotopic (exact) mass is 412 g/mol. The number of halogens is 2. The second-order valence-electron chi connectivity index (χ2n) is 4.41. The van der Waals surface area contributed by atoms with Crippen LogP contribution in [0.5, 0.6) is 0 Å². The number of anilines is 1. The van der Waals surface area contributed by atoms with E-state index in [1.807, 2.05) is 25.1 Å². The van der Waals surface area contributed by atoms with Gasteiger partial charge in [0.2, 0.25) is 0 Å². The molecule has 0 aliphatic carbocycles. The highest BCUT2D eigenvalue weighted by Gasteiger charge is 2.12. The van der Waals surface area contributed by atoms with E-state index in [4.69, 9.17) is 4.74 Å². The predicted molar refractivity (Wildman–Crippen MR) is 89.5 cm³/mol. The van der Waals surface area contributed by atoms with Crippen LogP contribution < -0.4 is 5.32 Å². The number of nitrogens with zero attached hydrogens (tertiary/aromatic N) is 1. The number of hydrogen-bond donors (Lipinski definition) is 1. The quantitative estimate of drug-likeness (QED) is 0.758. The minimum Gasteiger partial charge on any atom is -0.465 e. The first kappa shape index (κ1) is 16.0. The van der Waals surface area contributed by atoms with E-state index in [2.05, 4.69) is 42.2 Å². The zero-order chi connectivity index (χ0) is 15.4. The molecule has 0 aliphatic rings. The van der Waals surface area contributed by atoms with Gasteiger partial charge in [-0.05, 0) is 62.5 Å². The molecule has 1 aromatic carbocycles. The molecule has 6 heteroatoms. The zero-order valence-corrected chi connectivity index (χ0v) is 14.8. The molecule has 2 rings (SSSR count). The van der Waals surface area contributed by atoms with Gasteiger partial charge < -0.3 is 10.1 Å². The second-order valence-corrected chi connectivity index (χ2v) is 6.18. The summed E-state index contributed by atoms with van der Waals surface area (Å²) in [5.74, 6) is -0.334. The Bertz CT molecular complexity index is 675. The molecule has 0 spiro atoms. The van der Waals surface area contributed by atoms with Crippen LogP contribution in [0.2, 0.25) is 0 Å². The minimum atomic E-state index is -0.334. The molecule has 21 heavy (non-hydrogen) atoms. The summed E-state index contributed by atoms with van der Waals surface area (Å²) < 4.78 is 6.62. The average molecular weight is 414 g/mol. The maximum Gasteiger partial charge on any atom is 0.338 e. The third-order valence-electron chi connectivity index (χ3n) is 3.07. The standard InChI is InChI=1S/C15H14Br2N2O2/c1-9-11(15(20)21-2)4-3-5-13(9)19-8-14-12(17)6-10(16)7-18-14/h3-7,19H,8H2,1-2H3. The van der Waals surface area contributed by atoms with Crippen LogP contribution in [0.1, 0.15) is 21.6 Å². The first-order valence-corrected chi connectivity index (χ1v) is 7.83. The van der Waals surface area contributed by atoms with Crippen molar-refractivity contribution in [1.82, 2.24) is 4.98 Å². The van der Waals surface area contributed by atoms with Gasteiger partial charge in [0, 0.05) is 20.8 Å². The number of carbonyl (C=O) groups excluding carboxylic acids is 1. The van der Waals surface area contributed by atoms with E-state index in [1.165, 1.54) is 7.11 Å². The summed E-state index contributed by atoms with van der Waals surface area (Å²) in [5, 5.41) is 3.29. The van der Waals surface area contributed by atoms with E-state index >= 15 is 0 Å². The van der Waals surface area contributed by atoms with Gasteiger partial charge in [0.1, 0.15) is 0 Å². The van der Waals surface area contributed by atoms with Crippen molar-refractivity contribution in [2.24, 2.45) is 0 Å². The van der Waals surface area contributed by atoms with Gasteiger partial charge in [0.15, 0.2) is 0 Å². The molecule has 0 saturated heterocycles. The Morgan fingerprint density at radius 2 is 2.14 bits per heavy atom. The molecule has 0 atom stereocenters. The SMILES string of the molecule is COC(=O)c1cccc(NCc2ncc(Br)cc2Br)c1C. The third kappa shape index (κ3) is 3.83. The summed E-state index contributed by atoms with van der Waals surface area (Å²) in [5.41, 5.74) is 3.19. The number of rotatable bonds is 4. The highest BCUT2D eigenvalue weighted by atomic mass is 79.9. The number of benzene rings is 1. The summed E-state index contributed by atoms with van der Waals surface area (Å²) in [6, 6.07) is 7.45. The number of pyridine rings is 1. The van der Waals surface area contributed by atoms with Crippen LogP contribution in [0, 0.1) is 6.92 Å². The lowest BCUT2D eigenvalue weighted by atomic mass is 10.1. The Hall–Kier alpha value is -1.40. The molecule has 1 N–H and O–H groups in total. The van der Waals surface area contributed by atoms with Crippen LogP contribution >= 0.6 is 31.9 Å². The van der Waals surface area contributed by atoms with Crippen molar-refractivity contribution in [2.45, 2.75) is 13.5 Å². The topological polar surface area (TPSA) is 51.2 Å². The lowest BCUT2D eigenvalue weighted by molar-refractivity contribution is 0.0600. The molecule has 0 unspecified atom stereocenters. The van der Waals surface area contributed by atoms with E-state index in [9.17, 15) is 4.79 Å². The van der Waals surface area contributed by atoms with E-state index in [0.29, 0.717) is 12.1 Å². The molecular weight excluding hydrogens is 400 g/mol. The van der Waals surface area contributed by atoms with Gasteiger partial charge in [0.25, 0.3) is 0 Å². The fraction of sp³-hybridized carbons (Fsp3) is 0.200. The summed E-state index contributed by atoms with van der Waals surface area (Å²) in [6.45, 7) is 2.44. The van der Waals surface area contributed by atoms with Crippen LogP contribution in [0.25, 0.3) is 0 Å². The molecule has 0 fully saturated rings. The van der Waals surface area contributed by atoms with Crippen LogP contribution in [0.3, 0.4) is 0 Å².